The summed E-state index contributed by atoms with van der Waals surface area (Å²) in [5.74, 6) is 0.354. The Morgan fingerprint density at radius 2 is 2.07 bits per heavy atom. The van der Waals surface area contributed by atoms with E-state index in [9.17, 15) is 4.79 Å². The predicted molar refractivity (Wildman–Crippen MR) is 118 cm³/mol. The van der Waals surface area contributed by atoms with E-state index in [1.54, 1.807) is 23.0 Å². The Hall–Kier alpha value is -3.10. The molecule has 9 heteroatoms. The highest BCUT2D eigenvalue weighted by Gasteiger charge is 2.10. The van der Waals surface area contributed by atoms with Crippen molar-refractivity contribution in [3.05, 3.63) is 70.6 Å². The molecule has 0 spiro atoms. The Labute approximate surface area is 176 Å². The number of fused-ring (bicyclic) bond motifs is 1. The summed E-state index contributed by atoms with van der Waals surface area (Å²) in [6, 6.07) is 9.98. The number of nitrogens with one attached hydrogen (secondary N) is 1. The summed E-state index contributed by atoms with van der Waals surface area (Å²) in [5.41, 5.74) is 2.90. The molecule has 0 aliphatic rings. The first kappa shape index (κ1) is 19.2. The Bertz CT molecular complexity index is 1170. The fraction of sp³-hybridized carbons (Fsp3) is 0.150. The van der Waals surface area contributed by atoms with Gasteiger partial charge in [0.25, 0.3) is 0 Å². The highest BCUT2D eigenvalue weighted by molar-refractivity contribution is 7.15. The quantitative estimate of drug-likeness (QED) is 0.473. The summed E-state index contributed by atoms with van der Waals surface area (Å²) in [7, 11) is 4.01. The summed E-state index contributed by atoms with van der Waals surface area (Å²) in [6.07, 6.45) is 6.63. The van der Waals surface area contributed by atoms with E-state index in [-0.39, 0.29) is 5.91 Å². The lowest BCUT2D eigenvalue weighted by Gasteiger charge is -2.13. The van der Waals surface area contributed by atoms with Crippen molar-refractivity contribution in [2.45, 2.75) is 6.54 Å². The van der Waals surface area contributed by atoms with Crippen LogP contribution in [0.4, 0.5) is 11.5 Å². The standard InChI is InChI=1S/C20H19ClN6OS/c1-25(2)15-5-3-14(4-6-15)13-27-17(9-10-22-27)23-18(28)8-7-16-19(21)24-20-26(16)11-12-29-20/h3-12H,13H2,1-2H3,(H,23,28). The average molecular weight is 427 g/mol. The first-order valence-corrected chi connectivity index (χ1v) is 10.2. The van der Waals surface area contributed by atoms with Crippen molar-refractivity contribution in [3.8, 4) is 0 Å². The number of thiazole rings is 1. The molecule has 0 radical (unpaired) electrons. The third kappa shape index (κ3) is 4.18. The molecule has 0 saturated carbocycles. The molecule has 3 heterocycles. The lowest BCUT2D eigenvalue weighted by atomic mass is 10.2. The molecule has 3 aromatic heterocycles. The van der Waals surface area contributed by atoms with Gasteiger partial charge >= 0.3 is 0 Å². The van der Waals surface area contributed by atoms with Gasteiger partial charge in [0, 0.05) is 43.5 Å². The van der Waals surface area contributed by atoms with Gasteiger partial charge in [-0.05, 0) is 23.8 Å². The number of aromatic nitrogens is 4. The van der Waals surface area contributed by atoms with E-state index in [1.165, 1.54) is 17.4 Å². The fourth-order valence-corrected chi connectivity index (χ4v) is 3.89. The molecule has 0 saturated heterocycles. The van der Waals surface area contributed by atoms with Crippen molar-refractivity contribution < 1.29 is 4.79 Å². The largest absolute Gasteiger partial charge is 0.378 e. The molecule has 0 aliphatic carbocycles. The SMILES string of the molecule is CN(C)c1ccc(Cn2nccc2NC(=O)C=Cc2c(Cl)nc3sccn23)cc1. The Morgan fingerprint density at radius 1 is 1.28 bits per heavy atom. The molecule has 7 nitrogen and oxygen atoms in total. The van der Waals surface area contributed by atoms with Crippen LogP contribution in [0.5, 0.6) is 0 Å². The summed E-state index contributed by atoms with van der Waals surface area (Å²) in [5, 5.41) is 9.46. The summed E-state index contributed by atoms with van der Waals surface area (Å²) >= 11 is 7.64. The minimum absolute atomic E-state index is 0.268. The van der Waals surface area contributed by atoms with Crippen LogP contribution in [0.1, 0.15) is 11.3 Å². The third-order valence-electron chi connectivity index (χ3n) is 4.40. The van der Waals surface area contributed by atoms with Crippen molar-refractivity contribution in [1.29, 1.82) is 0 Å². The second kappa shape index (κ2) is 8.10. The van der Waals surface area contributed by atoms with Gasteiger partial charge in [0.05, 0.1) is 18.4 Å². The lowest BCUT2D eigenvalue weighted by molar-refractivity contribution is -0.111. The smallest absolute Gasteiger partial charge is 0.249 e. The topological polar surface area (TPSA) is 67.5 Å². The number of amides is 1. The lowest BCUT2D eigenvalue weighted by Crippen LogP contribution is -2.14. The number of carbonyl (C=O) groups excluding carboxylic acids is 1. The van der Waals surface area contributed by atoms with Crippen molar-refractivity contribution in [3.63, 3.8) is 0 Å². The molecule has 148 valence electrons. The number of hydrogen-bond donors (Lipinski definition) is 1. The Balaban J connectivity index is 1.45. The molecule has 4 rings (SSSR count). The van der Waals surface area contributed by atoms with E-state index < -0.39 is 0 Å². The van der Waals surface area contributed by atoms with Gasteiger partial charge in [-0.15, -0.1) is 11.3 Å². The van der Waals surface area contributed by atoms with Crippen LogP contribution in [-0.2, 0) is 11.3 Å². The maximum Gasteiger partial charge on any atom is 0.249 e. The molecule has 0 atom stereocenters. The van der Waals surface area contributed by atoms with Crippen molar-refractivity contribution in [2.24, 2.45) is 0 Å². The number of benzene rings is 1. The van der Waals surface area contributed by atoms with Gasteiger partial charge in [-0.1, -0.05) is 23.7 Å². The zero-order chi connectivity index (χ0) is 20.4. The molecule has 29 heavy (non-hydrogen) atoms. The third-order valence-corrected chi connectivity index (χ3v) is 5.43. The first-order chi connectivity index (χ1) is 14.0. The van der Waals surface area contributed by atoms with Gasteiger partial charge < -0.3 is 10.2 Å². The monoisotopic (exact) mass is 426 g/mol. The maximum atomic E-state index is 12.4. The number of halogens is 1. The molecule has 0 unspecified atom stereocenters. The van der Waals surface area contributed by atoms with Crippen LogP contribution in [0, 0.1) is 0 Å². The fourth-order valence-electron chi connectivity index (χ4n) is 2.89. The van der Waals surface area contributed by atoms with Crippen LogP contribution in [0.15, 0.2) is 54.2 Å². The van der Waals surface area contributed by atoms with Gasteiger partial charge in [0.1, 0.15) is 5.82 Å². The average Bonchev–Trinajstić information content (AvgIpc) is 3.38. The van der Waals surface area contributed by atoms with E-state index in [0.717, 1.165) is 16.2 Å². The summed E-state index contributed by atoms with van der Waals surface area (Å²) < 4.78 is 3.59. The van der Waals surface area contributed by atoms with Crippen molar-refractivity contribution in [2.75, 3.05) is 24.3 Å². The molecule has 0 fully saturated rings. The molecule has 1 amide bonds. The number of carbonyl (C=O) groups is 1. The molecule has 0 aliphatic heterocycles. The van der Waals surface area contributed by atoms with Crippen LogP contribution in [0.2, 0.25) is 5.15 Å². The summed E-state index contributed by atoms with van der Waals surface area (Å²) in [6.45, 7) is 0.560. The molecular formula is C20H19ClN6OS. The highest BCUT2D eigenvalue weighted by atomic mass is 35.5. The second-order valence-electron chi connectivity index (χ2n) is 6.60. The predicted octanol–water partition coefficient (Wildman–Crippen LogP) is 4.01. The van der Waals surface area contributed by atoms with Gasteiger partial charge in [-0.2, -0.15) is 5.10 Å². The second-order valence-corrected chi connectivity index (χ2v) is 7.83. The number of rotatable bonds is 6. The maximum absolute atomic E-state index is 12.4. The Kier molecular flexibility index (Phi) is 5.37. The molecule has 0 bridgehead atoms. The zero-order valence-corrected chi connectivity index (χ0v) is 17.5. The van der Waals surface area contributed by atoms with E-state index >= 15 is 0 Å². The Morgan fingerprint density at radius 3 is 2.83 bits per heavy atom. The molecule has 4 aromatic rings. The number of anilines is 2. The molecule has 1 N–H and O–H groups in total. The summed E-state index contributed by atoms with van der Waals surface area (Å²) in [4.78, 5) is 19.5. The van der Waals surface area contributed by atoms with Crippen LogP contribution >= 0.6 is 22.9 Å². The number of nitrogens with zero attached hydrogens (tertiary/aromatic N) is 5. The van der Waals surface area contributed by atoms with Gasteiger partial charge in [-0.25, -0.2) is 9.67 Å². The van der Waals surface area contributed by atoms with E-state index in [2.05, 4.69) is 39.7 Å². The van der Waals surface area contributed by atoms with Crippen LogP contribution in [0.3, 0.4) is 0 Å². The minimum Gasteiger partial charge on any atom is -0.378 e. The normalized spacial score (nSPS) is 11.4. The van der Waals surface area contributed by atoms with E-state index in [0.29, 0.717) is 23.2 Å². The van der Waals surface area contributed by atoms with Gasteiger partial charge in [0.15, 0.2) is 10.1 Å². The molecular weight excluding hydrogens is 408 g/mol. The number of imidazole rings is 1. The van der Waals surface area contributed by atoms with E-state index in [1.807, 2.05) is 35.0 Å². The minimum atomic E-state index is -0.268. The van der Waals surface area contributed by atoms with E-state index in [4.69, 9.17) is 11.6 Å². The highest BCUT2D eigenvalue weighted by Crippen LogP contribution is 2.22. The van der Waals surface area contributed by atoms with Crippen LogP contribution in [0.25, 0.3) is 11.0 Å². The van der Waals surface area contributed by atoms with Gasteiger partial charge in [-0.3, -0.25) is 9.20 Å². The zero-order valence-electron chi connectivity index (χ0n) is 15.9. The van der Waals surface area contributed by atoms with Crippen molar-refractivity contribution >= 4 is 51.4 Å². The van der Waals surface area contributed by atoms with Gasteiger partial charge in [0.2, 0.25) is 5.91 Å². The first-order valence-electron chi connectivity index (χ1n) is 8.89. The molecule has 1 aromatic carbocycles. The van der Waals surface area contributed by atoms with Crippen LogP contribution < -0.4 is 10.2 Å². The van der Waals surface area contributed by atoms with Crippen molar-refractivity contribution in [1.82, 2.24) is 19.2 Å². The van der Waals surface area contributed by atoms with Crippen LogP contribution in [-0.4, -0.2) is 39.2 Å². The number of hydrogen-bond acceptors (Lipinski definition) is 5.